The average molecular weight is 338 g/mol. The van der Waals surface area contributed by atoms with Gasteiger partial charge in [0.1, 0.15) is 11.6 Å². The van der Waals surface area contributed by atoms with E-state index in [1.54, 1.807) is 19.2 Å². The molecule has 0 unspecified atom stereocenters. The van der Waals surface area contributed by atoms with Crippen LogP contribution in [0.1, 0.15) is 24.1 Å². The number of hydrogen-bond acceptors (Lipinski definition) is 2. The summed E-state index contributed by atoms with van der Waals surface area (Å²) < 4.78 is 18.9. The molecule has 0 aliphatic carbocycles. The standard InChI is InChI=1S/C16H17BrFNO/c1-11(13-4-3-5-14(9-13)20-2)19-10-12-6-7-16(18)15(17)8-12/h3-9,11,19H,10H2,1-2H3/t11-/m1/s1. The van der Waals surface area contributed by atoms with Crippen molar-refractivity contribution in [3.05, 3.63) is 63.9 Å². The first kappa shape index (κ1) is 15.0. The lowest BCUT2D eigenvalue weighted by Crippen LogP contribution is -2.18. The van der Waals surface area contributed by atoms with Crippen LogP contribution in [-0.4, -0.2) is 7.11 Å². The smallest absolute Gasteiger partial charge is 0.137 e. The van der Waals surface area contributed by atoms with Gasteiger partial charge in [-0.2, -0.15) is 0 Å². The van der Waals surface area contributed by atoms with Crippen molar-refractivity contribution in [2.45, 2.75) is 19.5 Å². The van der Waals surface area contributed by atoms with Gasteiger partial charge in [0.25, 0.3) is 0 Å². The summed E-state index contributed by atoms with van der Waals surface area (Å²) in [6, 6.07) is 13.2. The maximum absolute atomic E-state index is 13.2. The van der Waals surface area contributed by atoms with Gasteiger partial charge in [0, 0.05) is 12.6 Å². The molecule has 2 aromatic carbocycles. The molecule has 0 fully saturated rings. The zero-order chi connectivity index (χ0) is 14.5. The van der Waals surface area contributed by atoms with Gasteiger partial charge in [0.2, 0.25) is 0 Å². The van der Waals surface area contributed by atoms with Crippen molar-refractivity contribution in [2.75, 3.05) is 7.11 Å². The molecule has 0 amide bonds. The summed E-state index contributed by atoms with van der Waals surface area (Å²) >= 11 is 3.20. The summed E-state index contributed by atoms with van der Waals surface area (Å²) in [7, 11) is 1.66. The molecule has 2 nitrogen and oxygen atoms in total. The van der Waals surface area contributed by atoms with Crippen LogP contribution in [0.25, 0.3) is 0 Å². The molecular formula is C16H17BrFNO. The fourth-order valence-electron chi connectivity index (χ4n) is 1.95. The summed E-state index contributed by atoms with van der Waals surface area (Å²) in [5, 5.41) is 3.41. The van der Waals surface area contributed by atoms with E-state index >= 15 is 0 Å². The maximum Gasteiger partial charge on any atom is 0.137 e. The fourth-order valence-corrected chi connectivity index (χ4v) is 2.38. The molecule has 0 spiro atoms. The predicted octanol–water partition coefficient (Wildman–Crippen LogP) is 4.45. The Morgan fingerprint density at radius 3 is 2.75 bits per heavy atom. The Bertz CT molecular complexity index is 588. The van der Waals surface area contributed by atoms with E-state index in [4.69, 9.17) is 4.74 Å². The van der Waals surface area contributed by atoms with Crippen LogP contribution >= 0.6 is 15.9 Å². The lowest BCUT2D eigenvalue weighted by molar-refractivity contribution is 0.413. The third-order valence-electron chi connectivity index (χ3n) is 3.19. The van der Waals surface area contributed by atoms with Crippen molar-refractivity contribution in [3.8, 4) is 5.75 Å². The normalized spacial score (nSPS) is 12.2. The van der Waals surface area contributed by atoms with E-state index in [1.807, 2.05) is 18.2 Å². The Labute approximate surface area is 127 Å². The Kier molecular flexibility index (Phi) is 5.15. The van der Waals surface area contributed by atoms with E-state index in [1.165, 1.54) is 6.07 Å². The molecule has 2 rings (SSSR count). The molecule has 20 heavy (non-hydrogen) atoms. The zero-order valence-electron chi connectivity index (χ0n) is 11.5. The summed E-state index contributed by atoms with van der Waals surface area (Å²) in [4.78, 5) is 0. The van der Waals surface area contributed by atoms with Gasteiger partial charge >= 0.3 is 0 Å². The minimum absolute atomic E-state index is 0.189. The predicted molar refractivity (Wildman–Crippen MR) is 82.3 cm³/mol. The quantitative estimate of drug-likeness (QED) is 0.870. The molecule has 0 bridgehead atoms. The highest BCUT2D eigenvalue weighted by atomic mass is 79.9. The Morgan fingerprint density at radius 2 is 2.05 bits per heavy atom. The second-order valence-electron chi connectivity index (χ2n) is 4.63. The largest absolute Gasteiger partial charge is 0.497 e. The number of ether oxygens (including phenoxy) is 1. The highest BCUT2D eigenvalue weighted by molar-refractivity contribution is 9.10. The van der Waals surface area contributed by atoms with E-state index in [2.05, 4.69) is 34.2 Å². The van der Waals surface area contributed by atoms with Gasteiger partial charge in [-0.1, -0.05) is 18.2 Å². The molecule has 0 radical (unpaired) electrons. The van der Waals surface area contributed by atoms with Crippen LogP contribution in [0, 0.1) is 5.82 Å². The average Bonchev–Trinajstić information content (AvgIpc) is 2.48. The number of benzene rings is 2. The molecule has 0 aliphatic heterocycles. The second kappa shape index (κ2) is 6.86. The molecular weight excluding hydrogens is 321 g/mol. The Balaban J connectivity index is 2.00. The van der Waals surface area contributed by atoms with Crippen molar-refractivity contribution in [2.24, 2.45) is 0 Å². The van der Waals surface area contributed by atoms with E-state index in [0.29, 0.717) is 11.0 Å². The lowest BCUT2D eigenvalue weighted by atomic mass is 10.1. The van der Waals surface area contributed by atoms with Crippen LogP contribution in [0.4, 0.5) is 4.39 Å². The SMILES string of the molecule is COc1cccc([C@@H](C)NCc2ccc(F)c(Br)c2)c1. The highest BCUT2D eigenvalue weighted by Crippen LogP contribution is 2.20. The summed E-state index contributed by atoms with van der Waals surface area (Å²) in [6.45, 7) is 2.77. The third kappa shape index (κ3) is 3.81. The molecule has 0 aromatic heterocycles. The van der Waals surface area contributed by atoms with Gasteiger partial charge in [-0.05, 0) is 58.2 Å². The number of halogens is 2. The fraction of sp³-hybridized carbons (Fsp3) is 0.250. The van der Waals surface area contributed by atoms with Crippen LogP contribution in [0.5, 0.6) is 5.75 Å². The molecule has 2 aromatic rings. The number of nitrogens with one attached hydrogen (secondary N) is 1. The molecule has 0 saturated carbocycles. The molecule has 0 saturated heterocycles. The van der Waals surface area contributed by atoms with Crippen molar-refractivity contribution in [1.29, 1.82) is 0 Å². The second-order valence-corrected chi connectivity index (χ2v) is 5.48. The first-order valence-electron chi connectivity index (χ1n) is 6.41. The Hall–Kier alpha value is -1.39. The van der Waals surface area contributed by atoms with Crippen molar-refractivity contribution in [3.63, 3.8) is 0 Å². The molecule has 1 atom stereocenters. The van der Waals surface area contributed by atoms with Gasteiger partial charge in [0.15, 0.2) is 0 Å². The summed E-state index contributed by atoms with van der Waals surface area (Å²) in [5.74, 6) is 0.607. The van der Waals surface area contributed by atoms with Crippen LogP contribution in [0.15, 0.2) is 46.9 Å². The van der Waals surface area contributed by atoms with Crippen LogP contribution in [0.3, 0.4) is 0 Å². The van der Waals surface area contributed by atoms with Gasteiger partial charge in [-0.15, -0.1) is 0 Å². The van der Waals surface area contributed by atoms with Crippen LogP contribution in [-0.2, 0) is 6.54 Å². The summed E-state index contributed by atoms with van der Waals surface area (Å²) in [6.07, 6.45) is 0. The van der Waals surface area contributed by atoms with Crippen molar-refractivity contribution >= 4 is 15.9 Å². The van der Waals surface area contributed by atoms with Gasteiger partial charge < -0.3 is 10.1 Å². The topological polar surface area (TPSA) is 21.3 Å². The summed E-state index contributed by atoms with van der Waals surface area (Å²) in [5.41, 5.74) is 2.19. The van der Waals surface area contributed by atoms with Crippen molar-refractivity contribution in [1.82, 2.24) is 5.32 Å². The minimum Gasteiger partial charge on any atom is -0.497 e. The first-order chi connectivity index (χ1) is 9.60. The van der Waals surface area contributed by atoms with Crippen LogP contribution in [0.2, 0.25) is 0 Å². The van der Waals surface area contributed by atoms with Gasteiger partial charge in [-0.3, -0.25) is 0 Å². The van der Waals surface area contributed by atoms with E-state index in [9.17, 15) is 4.39 Å². The minimum atomic E-state index is -0.241. The molecule has 106 valence electrons. The third-order valence-corrected chi connectivity index (χ3v) is 3.80. The number of methoxy groups -OCH3 is 1. The van der Waals surface area contributed by atoms with E-state index in [-0.39, 0.29) is 11.9 Å². The van der Waals surface area contributed by atoms with E-state index < -0.39 is 0 Å². The molecule has 1 N–H and O–H groups in total. The zero-order valence-corrected chi connectivity index (χ0v) is 13.1. The molecule has 0 aliphatic rings. The number of hydrogen-bond donors (Lipinski definition) is 1. The molecule has 0 heterocycles. The number of rotatable bonds is 5. The molecule has 4 heteroatoms. The van der Waals surface area contributed by atoms with Crippen molar-refractivity contribution < 1.29 is 9.13 Å². The van der Waals surface area contributed by atoms with E-state index in [0.717, 1.165) is 16.9 Å². The Morgan fingerprint density at radius 1 is 1.25 bits per heavy atom. The van der Waals surface area contributed by atoms with Gasteiger partial charge in [0.05, 0.1) is 11.6 Å². The monoisotopic (exact) mass is 337 g/mol. The van der Waals surface area contributed by atoms with Crippen LogP contribution < -0.4 is 10.1 Å². The maximum atomic E-state index is 13.2. The lowest BCUT2D eigenvalue weighted by Gasteiger charge is -2.15. The highest BCUT2D eigenvalue weighted by Gasteiger charge is 2.07. The van der Waals surface area contributed by atoms with Gasteiger partial charge in [-0.25, -0.2) is 4.39 Å². The first-order valence-corrected chi connectivity index (χ1v) is 7.20.